The molecule has 0 spiro atoms. The Labute approximate surface area is 163 Å². The number of hydrogen-bond acceptors (Lipinski definition) is 3. The average molecular weight is 376 g/mol. The summed E-state index contributed by atoms with van der Waals surface area (Å²) in [6, 6.07) is 17.1. The molecule has 1 atom stereocenters. The monoisotopic (exact) mass is 376 g/mol. The van der Waals surface area contributed by atoms with E-state index in [2.05, 4.69) is 4.98 Å². The number of amides is 1. The highest BCUT2D eigenvalue weighted by atomic mass is 16.5. The minimum Gasteiger partial charge on any atom is -0.376 e. The van der Waals surface area contributed by atoms with E-state index in [0.29, 0.717) is 17.7 Å². The number of nitrogens with one attached hydrogen (secondary N) is 1. The molecule has 5 heteroatoms. The van der Waals surface area contributed by atoms with Gasteiger partial charge in [0.25, 0.3) is 11.5 Å². The van der Waals surface area contributed by atoms with Gasteiger partial charge in [-0.3, -0.25) is 9.59 Å². The quantitative estimate of drug-likeness (QED) is 0.739. The molecule has 4 rings (SSSR count). The lowest BCUT2D eigenvalue weighted by atomic mass is 10.1. The summed E-state index contributed by atoms with van der Waals surface area (Å²) in [4.78, 5) is 30.5. The van der Waals surface area contributed by atoms with Crippen LogP contribution in [-0.2, 0) is 11.3 Å². The fraction of sp³-hybridized carbons (Fsp3) is 0.304. The zero-order valence-corrected chi connectivity index (χ0v) is 16.0. The van der Waals surface area contributed by atoms with Gasteiger partial charge in [-0.1, -0.05) is 35.9 Å². The number of ether oxygens (including phenoxy) is 1. The van der Waals surface area contributed by atoms with Crippen LogP contribution in [0.5, 0.6) is 0 Å². The summed E-state index contributed by atoms with van der Waals surface area (Å²) in [5, 5.41) is 0.956. The second-order valence-electron chi connectivity index (χ2n) is 7.40. The van der Waals surface area contributed by atoms with Crippen molar-refractivity contribution in [2.75, 3.05) is 13.2 Å². The fourth-order valence-electron chi connectivity index (χ4n) is 3.73. The van der Waals surface area contributed by atoms with Gasteiger partial charge in [-0.25, -0.2) is 0 Å². The van der Waals surface area contributed by atoms with Gasteiger partial charge in [0.2, 0.25) is 0 Å². The first-order chi connectivity index (χ1) is 13.6. The number of aromatic nitrogens is 1. The number of pyridine rings is 1. The molecule has 2 aromatic carbocycles. The number of aryl methyl sites for hydroxylation is 1. The maximum Gasteiger partial charge on any atom is 0.254 e. The van der Waals surface area contributed by atoms with Crippen molar-refractivity contribution in [1.82, 2.24) is 9.88 Å². The van der Waals surface area contributed by atoms with E-state index in [4.69, 9.17) is 4.74 Å². The minimum atomic E-state index is -0.159. The zero-order chi connectivity index (χ0) is 19.5. The van der Waals surface area contributed by atoms with Crippen LogP contribution in [-0.4, -0.2) is 35.0 Å². The molecule has 0 aliphatic carbocycles. The molecule has 5 nitrogen and oxygen atoms in total. The van der Waals surface area contributed by atoms with Crippen LogP contribution < -0.4 is 5.56 Å². The topological polar surface area (TPSA) is 62.4 Å². The number of H-pyrrole nitrogens is 1. The van der Waals surface area contributed by atoms with Gasteiger partial charge in [-0.2, -0.15) is 0 Å². The van der Waals surface area contributed by atoms with E-state index in [1.807, 2.05) is 61.5 Å². The Bertz CT molecular complexity index is 1050. The molecule has 1 fully saturated rings. The Hall–Kier alpha value is -2.92. The Morgan fingerprint density at radius 1 is 1.18 bits per heavy atom. The Morgan fingerprint density at radius 2 is 2.04 bits per heavy atom. The summed E-state index contributed by atoms with van der Waals surface area (Å²) in [7, 11) is 0. The van der Waals surface area contributed by atoms with Crippen LogP contribution >= 0.6 is 0 Å². The SMILES string of the molecule is Cc1cccc(C(=O)N(Cc2cc3ccccc3[nH]c2=O)CC2CCCO2)c1. The van der Waals surface area contributed by atoms with Gasteiger partial charge in [0.1, 0.15) is 0 Å². The lowest BCUT2D eigenvalue weighted by Crippen LogP contribution is -2.38. The molecule has 1 amide bonds. The van der Waals surface area contributed by atoms with Crippen molar-refractivity contribution in [2.45, 2.75) is 32.4 Å². The first-order valence-corrected chi connectivity index (χ1v) is 9.68. The third kappa shape index (κ3) is 3.99. The van der Waals surface area contributed by atoms with E-state index in [0.717, 1.165) is 35.9 Å². The predicted octanol–water partition coefficient (Wildman–Crippen LogP) is 3.66. The number of rotatable bonds is 5. The number of nitrogens with zero attached hydrogens (tertiary/aromatic N) is 1. The predicted molar refractivity (Wildman–Crippen MR) is 109 cm³/mol. The van der Waals surface area contributed by atoms with Crippen molar-refractivity contribution in [1.29, 1.82) is 0 Å². The number of para-hydroxylation sites is 1. The number of hydrogen-bond donors (Lipinski definition) is 1. The largest absolute Gasteiger partial charge is 0.376 e. The molecular formula is C23H24N2O3. The lowest BCUT2D eigenvalue weighted by molar-refractivity contribution is 0.0506. The van der Waals surface area contributed by atoms with Crippen LogP contribution in [0.25, 0.3) is 10.9 Å². The van der Waals surface area contributed by atoms with Crippen molar-refractivity contribution < 1.29 is 9.53 Å². The molecule has 1 N–H and O–H groups in total. The number of fused-ring (bicyclic) bond motifs is 1. The van der Waals surface area contributed by atoms with Gasteiger partial charge >= 0.3 is 0 Å². The highest BCUT2D eigenvalue weighted by molar-refractivity contribution is 5.94. The van der Waals surface area contributed by atoms with Crippen molar-refractivity contribution in [3.8, 4) is 0 Å². The van der Waals surface area contributed by atoms with Crippen molar-refractivity contribution >= 4 is 16.8 Å². The molecular weight excluding hydrogens is 352 g/mol. The Kier molecular flexibility index (Phi) is 5.26. The molecule has 0 bridgehead atoms. The van der Waals surface area contributed by atoms with E-state index >= 15 is 0 Å². The maximum absolute atomic E-state index is 13.2. The molecule has 28 heavy (non-hydrogen) atoms. The summed E-state index contributed by atoms with van der Waals surface area (Å²) in [6.07, 6.45) is 1.97. The summed E-state index contributed by atoms with van der Waals surface area (Å²) < 4.78 is 5.75. The summed E-state index contributed by atoms with van der Waals surface area (Å²) in [5.41, 5.74) is 2.89. The zero-order valence-electron chi connectivity index (χ0n) is 16.0. The number of carbonyl (C=O) groups is 1. The van der Waals surface area contributed by atoms with Gasteiger partial charge in [-0.05, 0) is 49.4 Å². The van der Waals surface area contributed by atoms with E-state index in [-0.39, 0.29) is 24.1 Å². The summed E-state index contributed by atoms with van der Waals surface area (Å²) in [5.74, 6) is -0.0771. The first kappa shape index (κ1) is 18.4. The van der Waals surface area contributed by atoms with Crippen LogP contribution in [0.4, 0.5) is 0 Å². The van der Waals surface area contributed by atoms with Crippen LogP contribution in [0.2, 0.25) is 0 Å². The molecule has 1 saturated heterocycles. The molecule has 0 saturated carbocycles. The number of benzene rings is 2. The van der Waals surface area contributed by atoms with E-state index in [9.17, 15) is 9.59 Å². The third-order valence-electron chi connectivity index (χ3n) is 5.19. The normalized spacial score (nSPS) is 16.4. The highest BCUT2D eigenvalue weighted by Gasteiger charge is 2.24. The number of carbonyl (C=O) groups excluding carboxylic acids is 1. The van der Waals surface area contributed by atoms with Gasteiger partial charge in [0.15, 0.2) is 0 Å². The van der Waals surface area contributed by atoms with Crippen molar-refractivity contribution in [3.05, 3.63) is 81.6 Å². The lowest BCUT2D eigenvalue weighted by Gasteiger charge is -2.25. The van der Waals surface area contributed by atoms with Crippen LogP contribution in [0.15, 0.2) is 59.4 Å². The molecule has 0 radical (unpaired) electrons. The van der Waals surface area contributed by atoms with Crippen molar-refractivity contribution in [3.63, 3.8) is 0 Å². The average Bonchev–Trinajstić information content (AvgIpc) is 3.20. The minimum absolute atomic E-state index is 0.0216. The van der Waals surface area contributed by atoms with Crippen molar-refractivity contribution in [2.24, 2.45) is 0 Å². The maximum atomic E-state index is 13.2. The summed E-state index contributed by atoms with van der Waals surface area (Å²) in [6.45, 7) is 3.44. The Morgan fingerprint density at radius 3 is 2.82 bits per heavy atom. The van der Waals surface area contributed by atoms with Gasteiger partial charge in [0.05, 0.1) is 12.6 Å². The van der Waals surface area contributed by atoms with Crippen LogP contribution in [0.3, 0.4) is 0 Å². The van der Waals surface area contributed by atoms with Gasteiger partial charge in [0, 0.05) is 29.8 Å². The molecule has 1 unspecified atom stereocenters. The Balaban J connectivity index is 1.66. The molecule has 144 valence electrons. The van der Waals surface area contributed by atoms with E-state index < -0.39 is 0 Å². The first-order valence-electron chi connectivity index (χ1n) is 9.68. The van der Waals surface area contributed by atoms with E-state index in [1.54, 1.807) is 4.90 Å². The fourth-order valence-corrected chi connectivity index (χ4v) is 3.73. The molecule has 2 heterocycles. The second-order valence-corrected chi connectivity index (χ2v) is 7.40. The third-order valence-corrected chi connectivity index (χ3v) is 5.19. The molecule has 3 aromatic rings. The van der Waals surface area contributed by atoms with E-state index in [1.165, 1.54) is 0 Å². The van der Waals surface area contributed by atoms with Gasteiger partial charge < -0.3 is 14.6 Å². The molecule has 1 aliphatic rings. The highest BCUT2D eigenvalue weighted by Crippen LogP contribution is 2.18. The standard InChI is InChI=1S/C23H24N2O3/c1-16-6-4-8-18(12-16)23(27)25(15-20-9-5-11-28-20)14-19-13-17-7-2-3-10-21(17)24-22(19)26/h2-4,6-8,10,12-13,20H,5,9,11,14-15H2,1H3,(H,24,26). The smallest absolute Gasteiger partial charge is 0.254 e. The summed E-state index contributed by atoms with van der Waals surface area (Å²) >= 11 is 0. The van der Waals surface area contributed by atoms with Crippen LogP contribution in [0.1, 0.15) is 34.3 Å². The van der Waals surface area contributed by atoms with Crippen LogP contribution in [0, 0.1) is 6.92 Å². The number of aromatic amines is 1. The molecule has 1 aromatic heterocycles. The molecule has 1 aliphatic heterocycles. The van der Waals surface area contributed by atoms with Gasteiger partial charge in [-0.15, -0.1) is 0 Å². The second kappa shape index (κ2) is 7.98.